The molecule has 37 heavy (non-hydrogen) atoms. The van der Waals surface area contributed by atoms with E-state index in [1.54, 1.807) is 0 Å². The van der Waals surface area contributed by atoms with Crippen molar-refractivity contribution >= 4 is 11.9 Å². The highest BCUT2D eigenvalue weighted by Gasteiger charge is 2.44. The minimum absolute atomic E-state index is 0.0242. The molecule has 1 amide bonds. The van der Waals surface area contributed by atoms with Gasteiger partial charge in [0.2, 0.25) is 0 Å². The fourth-order valence-electron chi connectivity index (χ4n) is 6.14. The average molecular weight is 498 g/mol. The van der Waals surface area contributed by atoms with Crippen LogP contribution in [-0.4, -0.2) is 55.3 Å². The molecule has 2 saturated heterocycles. The SMILES string of the molecule is O=C(CCOc1ccccc1)C1CC2COCC(C1)N2C(=O)OCC1c2ccccc2-c2ccccc21. The Morgan fingerprint density at radius 3 is 2.05 bits per heavy atom. The molecule has 3 aromatic rings. The van der Waals surface area contributed by atoms with Crippen LogP contribution in [-0.2, 0) is 14.3 Å². The van der Waals surface area contributed by atoms with Gasteiger partial charge in [-0.3, -0.25) is 9.69 Å². The van der Waals surface area contributed by atoms with Gasteiger partial charge in [0.05, 0.1) is 31.9 Å². The van der Waals surface area contributed by atoms with Gasteiger partial charge in [-0.05, 0) is 47.2 Å². The molecule has 0 saturated carbocycles. The number of ketones is 1. The summed E-state index contributed by atoms with van der Waals surface area (Å²) in [4.78, 5) is 28.1. The van der Waals surface area contributed by atoms with E-state index in [1.165, 1.54) is 22.3 Å². The second-order valence-electron chi connectivity index (χ2n) is 10.1. The molecule has 3 aromatic carbocycles. The molecule has 1 aliphatic carbocycles. The molecule has 0 spiro atoms. The fraction of sp³-hybridized carbons (Fsp3) is 0.355. The molecule has 6 heteroatoms. The highest BCUT2D eigenvalue weighted by Crippen LogP contribution is 2.44. The first-order valence-corrected chi connectivity index (χ1v) is 13.1. The van der Waals surface area contributed by atoms with Crippen molar-refractivity contribution in [3.8, 4) is 16.9 Å². The number of amides is 1. The molecule has 0 aromatic heterocycles. The number of para-hydroxylation sites is 1. The Morgan fingerprint density at radius 2 is 1.41 bits per heavy atom. The van der Waals surface area contributed by atoms with Gasteiger partial charge in [0.1, 0.15) is 18.1 Å². The van der Waals surface area contributed by atoms with Crippen LogP contribution >= 0.6 is 0 Å². The predicted octanol–water partition coefficient (Wildman–Crippen LogP) is 5.45. The normalized spacial score (nSPS) is 22.2. The molecule has 2 aliphatic heterocycles. The maximum Gasteiger partial charge on any atom is 0.410 e. The zero-order valence-electron chi connectivity index (χ0n) is 20.8. The van der Waals surface area contributed by atoms with Gasteiger partial charge in [-0.1, -0.05) is 66.7 Å². The molecule has 0 radical (unpaired) electrons. The number of ether oxygens (including phenoxy) is 3. The van der Waals surface area contributed by atoms with Crippen LogP contribution in [0.1, 0.15) is 36.3 Å². The van der Waals surface area contributed by atoms with Crippen LogP contribution in [0.5, 0.6) is 5.75 Å². The van der Waals surface area contributed by atoms with E-state index in [4.69, 9.17) is 14.2 Å². The highest BCUT2D eigenvalue weighted by atomic mass is 16.6. The lowest BCUT2D eigenvalue weighted by molar-refractivity contribution is -0.131. The van der Waals surface area contributed by atoms with Crippen LogP contribution in [0.25, 0.3) is 11.1 Å². The van der Waals surface area contributed by atoms with Gasteiger partial charge in [0, 0.05) is 18.3 Å². The lowest BCUT2D eigenvalue weighted by Gasteiger charge is -2.47. The largest absolute Gasteiger partial charge is 0.493 e. The molecule has 3 aliphatic rings. The van der Waals surface area contributed by atoms with Gasteiger partial charge in [-0.15, -0.1) is 0 Å². The van der Waals surface area contributed by atoms with Crippen molar-refractivity contribution in [1.82, 2.24) is 4.90 Å². The summed E-state index contributed by atoms with van der Waals surface area (Å²) < 4.78 is 17.4. The number of rotatable bonds is 7. The summed E-state index contributed by atoms with van der Waals surface area (Å²) in [7, 11) is 0. The Hall–Kier alpha value is -3.64. The third-order valence-electron chi connectivity index (χ3n) is 7.88. The Labute approximate surface area is 217 Å². The molecule has 2 fully saturated rings. The zero-order valence-corrected chi connectivity index (χ0v) is 20.8. The molecule has 0 N–H and O–H groups in total. The standard InChI is InChI=1S/C31H31NO5/c33-30(14-15-36-24-8-2-1-3-9-24)21-16-22-18-35-19-23(17-21)32(22)31(34)37-20-29-27-12-6-4-10-25(27)26-11-5-7-13-28(26)29/h1-13,21-23,29H,14-20H2. The molecule has 2 heterocycles. The zero-order chi connectivity index (χ0) is 25.2. The van der Waals surface area contributed by atoms with Crippen LogP contribution in [0.4, 0.5) is 4.79 Å². The van der Waals surface area contributed by atoms with E-state index in [1.807, 2.05) is 59.5 Å². The number of Topliss-reactive ketones (excluding diaryl/α,β-unsaturated/α-hetero) is 1. The Balaban J connectivity index is 1.07. The third kappa shape index (κ3) is 4.74. The van der Waals surface area contributed by atoms with E-state index in [2.05, 4.69) is 24.3 Å². The number of benzene rings is 3. The number of hydrogen-bond acceptors (Lipinski definition) is 5. The first kappa shape index (κ1) is 23.7. The van der Waals surface area contributed by atoms with Crippen LogP contribution in [0.2, 0.25) is 0 Å². The lowest BCUT2D eigenvalue weighted by Crippen LogP contribution is -2.60. The van der Waals surface area contributed by atoms with E-state index < -0.39 is 0 Å². The lowest BCUT2D eigenvalue weighted by atomic mass is 9.82. The molecule has 6 rings (SSSR count). The van der Waals surface area contributed by atoms with Crippen LogP contribution in [0, 0.1) is 5.92 Å². The first-order chi connectivity index (χ1) is 18.2. The van der Waals surface area contributed by atoms with E-state index in [0.717, 1.165) is 5.75 Å². The maximum absolute atomic E-state index is 13.3. The monoisotopic (exact) mass is 497 g/mol. The topological polar surface area (TPSA) is 65.1 Å². The summed E-state index contributed by atoms with van der Waals surface area (Å²) in [5.74, 6) is 0.901. The number of hydrogen-bond donors (Lipinski definition) is 0. The third-order valence-corrected chi connectivity index (χ3v) is 7.88. The van der Waals surface area contributed by atoms with Gasteiger partial charge >= 0.3 is 6.09 Å². The minimum atomic E-state index is -0.307. The van der Waals surface area contributed by atoms with Crippen molar-refractivity contribution in [2.45, 2.75) is 37.3 Å². The summed E-state index contributed by atoms with van der Waals surface area (Å²) in [6, 6.07) is 25.9. The summed E-state index contributed by atoms with van der Waals surface area (Å²) in [5.41, 5.74) is 4.81. The first-order valence-electron chi connectivity index (χ1n) is 13.1. The second kappa shape index (κ2) is 10.4. The van der Waals surface area contributed by atoms with Crippen LogP contribution < -0.4 is 4.74 Å². The fourth-order valence-corrected chi connectivity index (χ4v) is 6.14. The number of morpholine rings is 1. The molecule has 2 bridgehead atoms. The molecular weight excluding hydrogens is 466 g/mol. The van der Waals surface area contributed by atoms with E-state index in [0.29, 0.717) is 45.7 Å². The van der Waals surface area contributed by atoms with Crippen molar-refractivity contribution in [1.29, 1.82) is 0 Å². The number of carbonyl (C=O) groups excluding carboxylic acids is 2. The van der Waals surface area contributed by atoms with Crippen molar-refractivity contribution in [3.05, 3.63) is 90.0 Å². The number of piperidine rings is 1. The van der Waals surface area contributed by atoms with Crippen molar-refractivity contribution in [3.63, 3.8) is 0 Å². The van der Waals surface area contributed by atoms with Crippen LogP contribution in [0.15, 0.2) is 78.9 Å². The summed E-state index contributed by atoms with van der Waals surface area (Å²) >= 11 is 0. The highest BCUT2D eigenvalue weighted by molar-refractivity contribution is 5.82. The van der Waals surface area contributed by atoms with Gasteiger partial charge in [0.25, 0.3) is 0 Å². The van der Waals surface area contributed by atoms with Gasteiger partial charge in [-0.25, -0.2) is 4.79 Å². The summed E-state index contributed by atoms with van der Waals surface area (Å²) in [6.07, 6.45) is 1.26. The summed E-state index contributed by atoms with van der Waals surface area (Å²) in [5, 5.41) is 0. The average Bonchev–Trinajstić information content (AvgIpc) is 3.25. The van der Waals surface area contributed by atoms with E-state index in [9.17, 15) is 9.59 Å². The summed E-state index contributed by atoms with van der Waals surface area (Å²) in [6.45, 7) is 1.53. The molecule has 190 valence electrons. The second-order valence-corrected chi connectivity index (χ2v) is 10.1. The van der Waals surface area contributed by atoms with Gasteiger partial charge in [-0.2, -0.15) is 0 Å². The van der Waals surface area contributed by atoms with Crippen molar-refractivity contribution in [2.24, 2.45) is 5.92 Å². The predicted molar refractivity (Wildman–Crippen MR) is 140 cm³/mol. The van der Waals surface area contributed by atoms with Crippen molar-refractivity contribution < 1.29 is 23.8 Å². The number of fused-ring (bicyclic) bond motifs is 5. The Morgan fingerprint density at radius 1 is 0.811 bits per heavy atom. The molecule has 2 atom stereocenters. The quantitative estimate of drug-likeness (QED) is 0.434. The van der Waals surface area contributed by atoms with Gasteiger partial charge < -0.3 is 14.2 Å². The van der Waals surface area contributed by atoms with Crippen LogP contribution in [0.3, 0.4) is 0 Å². The Kier molecular flexibility index (Phi) is 6.66. The number of carbonyl (C=O) groups is 2. The Bertz CT molecular complexity index is 1220. The number of nitrogens with zero attached hydrogens (tertiary/aromatic N) is 1. The van der Waals surface area contributed by atoms with E-state index >= 15 is 0 Å². The molecule has 2 unspecified atom stereocenters. The van der Waals surface area contributed by atoms with Gasteiger partial charge in [0.15, 0.2) is 0 Å². The minimum Gasteiger partial charge on any atom is -0.493 e. The maximum atomic E-state index is 13.3. The van der Waals surface area contributed by atoms with E-state index in [-0.39, 0.29) is 35.8 Å². The van der Waals surface area contributed by atoms with Crippen molar-refractivity contribution in [2.75, 3.05) is 26.4 Å². The molecular formula is C31H31NO5. The molecule has 6 nitrogen and oxygen atoms in total. The smallest absolute Gasteiger partial charge is 0.410 e.